The van der Waals surface area contributed by atoms with E-state index in [1.54, 1.807) is 12.4 Å². The second-order valence-electron chi connectivity index (χ2n) is 4.63. The minimum absolute atomic E-state index is 0.0685. The smallest absolute Gasteiger partial charge is 0.193 e. The largest absolute Gasteiger partial charge is 0.370 e. The Balaban J connectivity index is 2.00. The molecule has 0 aliphatic carbocycles. The fraction of sp³-hybridized carbons (Fsp3) is 0.333. The standard InChI is InChI=1S/C15H15NO2/c17-15(14-7-3-4-8-18-14)13-10-16-9-11-5-1-2-6-12(11)13/h1-2,5-6,9-10,14H,3-4,7-8H2. The Labute approximate surface area is 106 Å². The lowest BCUT2D eigenvalue weighted by atomic mass is 9.97. The fourth-order valence-electron chi connectivity index (χ4n) is 2.43. The number of Topliss-reactive ketones (excluding diaryl/α,β-unsaturated/α-hetero) is 1. The molecule has 1 aromatic heterocycles. The molecule has 3 heteroatoms. The van der Waals surface area contributed by atoms with Crippen molar-refractivity contribution in [2.75, 3.05) is 6.61 Å². The van der Waals surface area contributed by atoms with Crippen molar-refractivity contribution >= 4 is 16.6 Å². The van der Waals surface area contributed by atoms with Gasteiger partial charge in [0, 0.05) is 30.0 Å². The predicted molar refractivity (Wildman–Crippen MR) is 69.7 cm³/mol. The molecule has 0 spiro atoms. The lowest BCUT2D eigenvalue weighted by molar-refractivity contribution is 0.0187. The van der Waals surface area contributed by atoms with Gasteiger partial charge in [-0.3, -0.25) is 9.78 Å². The van der Waals surface area contributed by atoms with E-state index in [0.29, 0.717) is 12.2 Å². The summed E-state index contributed by atoms with van der Waals surface area (Å²) in [5.41, 5.74) is 0.681. The van der Waals surface area contributed by atoms with Gasteiger partial charge in [-0.2, -0.15) is 0 Å². The zero-order chi connectivity index (χ0) is 12.4. The highest BCUT2D eigenvalue weighted by Crippen LogP contribution is 2.22. The number of rotatable bonds is 2. The molecule has 1 saturated heterocycles. The van der Waals surface area contributed by atoms with E-state index >= 15 is 0 Å². The van der Waals surface area contributed by atoms with Crippen LogP contribution in [0.15, 0.2) is 36.7 Å². The van der Waals surface area contributed by atoms with Crippen molar-refractivity contribution in [3.63, 3.8) is 0 Å². The monoisotopic (exact) mass is 241 g/mol. The number of benzene rings is 1. The summed E-state index contributed by atoms with van der Waals surface area (Å²) in [5, 5.41) is 1.96. The molecule has 0 radical (unpaired) electrons. The van der Waals surface area contributed by atoms with Crippen molar-refractivity contribution < 1.29 is 9.53 Å². The van der Waals surface area contributed by atoms with Crippen LogP contribution < -0.4 is 0 Å². The normalized spacial score (nSPS) is 19.9. The molecule has 0 N–H and O–H groups in total. The average Bonchev–Trinajstić information content (AvgIpc) is 2.47. The molecule has 1 aromatic carbocycles. The zero-order valence-electron chi connectivity index (χ0n) is 10.1. The first-order valence-electron chi connectivity index (χ1n) is 6.35. The first-order valence-corrected chi connectivity index (χ1v) is 6.35. The number of carbonyl (C=O) groups is 1. The van der Waals surface area contributed by atoms with Crippen molar-refractivity contribution in [3.8, 4) is 0 Å². The first-order chi connectivity index (χ1) is 8.86. The Morgan fingerprint density at radius 3 is 2.94 bits per heavy atom. The number of carbonyl (C=O) groups excluding carboxylic acids is 1. The third-order valence-corrected chi connectivity index (χ3v) is 3.41. The fourth-order valence-corrected chi connectivity index (χ4v) is 2.43. The molecule has 18 heavy (non-hydrogen) atoms. The second-order valence-corrected chi connectivity index (χ2v) is 4.63. The Hall–Kier alpha value is -1.74. The third-order valence-electron chi connectivity index (χ3n) is 3.41. The van der Waals surface area contributed by atoms with Crippen LogP contribution in [-0.4, -0.2) is 23.5 Å². The minimum atomic E-state index is -0.286. The van der Waals surface area contributed by atoms with Crippen LogP contribution in [0.2, 0.25) is 0 Å². The molecule has 1 fully saturated rings. The van der Waals surface area contributed by atoms with Gasteiger partial charge in [-0.1, -0.05) is 24.3 Å². The van der Waals surface area contributed by atoms with Gasteiger partial charge in [0.25, 0.3) is 0 Å². The molecule has 0 bridgehead atoms. The van der Waals surface area contributed by atoms with Crippen LogP contribution >= 0.6 is 0 Å². The van der Waals surface area contributed by atoms with Gasteiger partial charge in [-0.15, -0.1) is 0 Å². The molecule has 2 aromatic rings. The van der Waals surface area contributed by atoms with Gasteiger partial charge >= 0.3 is 0 Å². The maximum Gasteiger partial charge on any atom is 0.193 e. The highest BCUT2D eigenvalue weighted by molar-refractivity contribution is 6.09. The van der Waals surface area contributed by atoms with Crippen LogP contribution in [0, 0.1) is 0 Å². The molecule has 92 valence electrons. The number of nitrogens with zero attached hydrogens (tertiary/aromatic N) is 1. The van der Waals surface area contributed by atoms with Crippen molar-refractivity contribution in [3.05, 3.63) is 42.2 Å². The number of ether oxygens (including phenoxy) is 1. The van der Waals surface area contributed by atoms with E-state index in [1.807, 2.05) is 24.3 Å². The summed E-state index contributed by atoms with van der Waals surface area (Å²) < 4.78 is 5.57. The molecule has 0 amide bonds. The van der Waals surface area contributed by atoms with Gasteiger partial charge in [0.2, 0.25) is 0 Å². The van der Waals surface area contributed by atoms with Crippen LogP contribution in [0.1, 0.15) is 29.6 Å². The van der Waals surface area contributed by atoms with E-state index < -0.39 is 0 Å². The summed E-state index contributed by atoms with van der Waals surface area (Å²) in [6.07, 6.45) is 6.09. The summed E-state index contributed by atoms with van der Waals surface area (Å²) in [4.78, 5) is 16.6. The summed E-state index contributed by atoms with van der Waals surface area (Å²) in [7, 11) is 0. The number of aromatic nitrogens is 1. The van der Waals surface area contributed by atoms with Crippen LogP contribution in [-0.2, 0) is 4.74 Å². The van der Waals surface area contributed by atoms with Gasteiger partial charge in [0.1, 0.15) is 6.10 Å². The molecule has 0 saturated carbocycles. The molecule has 1 aliphatic heterocycles. The van der Waals surface area contributed by atoms with Crippen molar-refractivity contribution in [2.45, 2.75) is 25.4 Å². The van der Waals surface area contributed by atoms with Crippen molar-refractivity contribution in [1.29, 1.82) is 0 Å². The number of fused-ring (bicyclic) bond motifs is 1. The molecular formula is C15H15NO2. The van der Waals surface area contributed by atoms with E-state index in [4.69, 9.17) is 4.74 Å². The summed E-state index contributed by atoms with van der Waals surface area (Å²) >= 11 is 0. The molecule has 3 nitrogen and oxygen atoms in total. The first kappa shape index (κ1) is 11.4. The van der Waals surface area contributed by atoms with E-state index in [2.05, 4.69) is 4.98 Å². The highest BCUT2D eigenvalue weighted by atomic mass is 16.5. The molecule has 1 unspecified atom stereocenters. The summed E-state index contributed by atoms with van der Waals surface area (Å²) in [5.74, 6) is 0.0685. The number of hydrogen-bond acceptors (Lipinski definition) is 3. The van der Waals surface area contributed by atoms with Gasteiger partial charge in [-0.05, 0) is 24.6 Å². The lowest BCUT2D eigenvalue weighted by Crippen LogP contribution is -2.28. The van der Waals surface area contributed by atoms with Crippen molar-refractivity contribution in [2.24, 2.45) is 0 Å². The van der Waals surface area contributed by atoms with Crippen LogP contribution in [0.25, 0.3) is 10.8 Å². The SMILES string of the molecule is O=C(c1cncc2ccccc12)C1CCCCO1. The van der Waals surface area contributed by atoms with Crippen LogP contribution in [0.5, 0.6) is 0 Å². The zero-order valence-corrected chi connectivity index (χ0v) is 10.1. The average molecular weight is 241 g/mol. The molecule has 1 atom stereocenters. The Kier molecular flexibility index (Phi) is 3.07. The summed E-state index contributed by atoms with van der Waals surface area (Å²) in [6, 6.07) is 7.84. The topological polar surface area (TPSA) is 39.2 Å². The summed E-state index contributed by atoms with van der Waals surface area (Å²) in [6.45, 7) is 0.689. The number of hydrogen-bond donors (Lipinski definition) is 0. The Morgan fingerprint density at radius 1 is 1.22 bits per heavy atom. The van der Waals surface area contributed by atoms with Crippen LogP contribution in [0.3, 0.4) is 0 Å². The molecule has 2 heterocycles. The van der Waals surface area contributed by atoms with E-state index in [0.717, 1.165) is 30.0 Å². The highest BCUT2D eigenvalue weighted by Gasteiger charge is 2.24. The number of pyridine rings is 1. The maximum atomic E-state index is 12.4. The van der Waals surface area contributed by atoms with Gasteiger partial charge in [0.15, 0.2) is 5.78 Å². The van der Waals surface area contributed by atoms with Gasteiger partial charge < -0.3 is 4.74 Å². The molecular weight excluding hydrogens is 226 g/mol. The predicted octanol–water partition coefficient (Wildman–Crippen LogP) is 2.99. The van der Waals surface area contributed by atoms with Crippen molar-refractivity contribution in [1.82, 2.24) is 4.98 Å². The maximum absolute atomic E-state index is 12.4. The third kappa shape index (κ3) is 2.02. The van der Waals surface area contributed by atoms with Gasteiger partial charge in [0.05, 0.1) is 0 Å². The van der Waals surface area contributed by atoms with E-state index in [1.165, 1.54) is 0 Å². The second kappa shape index (κ2) is 4.86. The Bertz CT molecular complexity index is 568. The Morgan fingerprint density at radius 2 is 2.11 bits per heavy atom. The minimum Gasteiger partial charge on any atom is -0.370 e. The van der Waals surface area contributed by atoms with E-state index in [-0.39, 0.29) is 11.9 Å². The quantitative estimate of drug-likeness (QED) is 0.759. The lowest BCUT2D eigenvalue weighted by Gasteiger charge is -2.21. The molecule has 1 aliphatic rings. The van der Waals surface area contributed by atoms with E-state index in [9.17, 15) is 4.79 Å². The molecule has 3 rings (SSSR count). The van der Waals surface area contributed by atoms with Crippen LogP contribution in [0.4, 0.5) is 0 Å². The van der Waals surface area contributed by atoms with Gasteiger partial charge in [-0.25, -0.2) is 0 Å². The number of ketones is 1.